The number of imidazole rings is 1. The Kier molecular flexibility index (Phi) is 6.11. The van der Waals surface area contributed by atoms with Gasteiger partial charge >= 0.3 is 5.69 Å². The van der Waals surface area contributed by atoms with E-state index in [0.29, 0.717) is 41.0 Å². The quantitative estimate of drug-likeness (QED) is 0.352. The fourth-order valence-electron chi connectivity index (χ4n) is 3.89. The molecule has 0 radical (unpaired) electrons. The Balaban J connectivity index is 1.32. The third kappa shape index (κ3) is 4.15. The maximum absolute atomic E-state index is 12.7. The molecule has 1 N–H and O–H groups in total. The second-order valence-electron chi connectivity index (χ2n) is 7.92. The Labute approximate surface area is 204 Å². The monoisotopic (exact) mass is 488 g/mol. The molecule has 5 rings (SSSR count). The van der Waals surface area contributed by atoms with Crippen LogP contribution < -0.4 is 20.7 Å². The molecule has 11 nitrogen and oxygen atoms in total. The highest BCUT2D eigenvalue weighted by Gasteiger charge is 2.17. The van der Waals surface area contributed by atoms with Crippen LogP contribution in [0.3, 0.4) is 0 Å². The summed E-state index contributed by atoms with van der Waals surface area (Å²) in [5.74, 6) is 2.64. The van der Waals surface area contributed by atoms with Crippen LogP contribution >= 0.6 is 0 Å². The number of benzene rings is 2. The van der Waals surface area contributed by atoms with Gasteiger partial charge in [-0.1, -0.05) is 5.16 Å². The highest BCUT2D eigenvalue weighted by Crippen LogP contribution is 2.23. The van der Waals surface area contributed by atoms with E-state index in [2.05, 4.69) is 20.1 Å². The zero-order valence-corrected chi connectivity index (χ0v) is 20.0. The van der Waals surface area contributed by atoms with Crippen LogP contribution in [0, 0.1) is 0 Å². The molecule has 0 aliphatic rings. The molecule has 0 saturated heterocycles. The van der Waals surface area contributed by atoms with Crippen molar-refractivity contribution < 1.29 is 14.0 Å². The predicted molar refractivity (Wildman–Crippen MR) is 132 cm³/mol. The number of H-pyrrole nitrogens is 1. The molecule has 0 unspecified atom stereocenters. The summed E-state index contributed by atoms with van der Waals surface area (Å²) in [6.45, 7) is 4.43. The fourth-order valence-corrected chi connectivity index (χ4v) is 3.89. The van der Waals surface area contributed by atoms with E-state index in [4.69, 9.17) is 14.0 Å². The lowest BCUT2D eigenvalue weighted by Crippen LogP contribution is -2.39. The molecular formula is C25H24N6O5. The van der Waals surface area contributed by atoms with Crippen molar-refractivity contribution in [2.24, 2.45) is 0 Å². The topological polar surface area (TPSA) is 130 Å². The van der Waals surface area contributed by atoms with E-state index in [0.717, 1.165) is 16.9 Å². The Morgan fingerprint density at radius 1 is 0.889 bits per heavy atom. The van der Waals surface area contributed by atoms with Crippen LogP contribution in [-0.2, 0) is 19.7 Å². The largest absolute Gasteiger partial charge is 0.497 e. The van der Waals surface area contributed by atoms with E-state index in [1.165, 1.54) is 9.13 Å². The molecule has 184 valence electrons. The summed E-state index contributed by atoms with van der Waals surface area (Å²) >= 11 is 0. The number of aromatic nitrogens is 6. The summed E-state index contributed by atoms with van der Waals surface area (Å²) in [4.78, 5) is 37.3. The Hall–Kier alpha value is -4.67. The Morgan fingerprint density at radius 3 is 2.22 bits per heavy atom. The van der Waals surface area contributed by atoms with Gasteiger partial charge in [0.05, 0.1) is 7.11 Å². The van der Waals surface area contributed by atoms with Crippen LogP contribution in [0.4, 0.5) is 0 Å². The van der Waals surface area contributed by atoms with Gasteiger partial charge in [-0.25, -0.2) is 9.78 Å². The van der Waals surface area contributed by atoms with Crippen LogP contribution in [-0.4, -0.2) is 36.4 Å². The molecular weight excluding hydrogens is 464 g/mol. The smallest absolute Gasteiger partial charge is 0.332 e. The second kappa shape index (κ2) is 9.53. The molecule has 0 amide bonds. The minimum atomic E-state index is -0.380. The second-order valence-corrected chi connectivity index (χ2v) is 7.92. The minimum absolute atomic E-state index is 0.128. The van der Waals surface area contributed by atoms with Crippen molar-refractivity contribution in [1.82, 2.24) is 29.2 Å². The van der Waals surface area contributed by atoms with E-state index >= 15 is 0 Å². The molecule has 0 fully saturated rings. The summed E-state index contributed by atoms with van der Waals surface area (Å²) in [6, 6.07) is 14.5. The lowest BCUT2D eigenvalue weighted by molar-refractivity contribution is 0.287. The number of hydrogen-bond acceptors (Lipinski definition) is 8. The number of methoxy groups -OCH3 is 1. The van der Waals surface area contributed by atoms with E-state index in [1.807, 2.05) is 43.3 Å². The molecule has 11 heteroatoms. The molecule has 3 aromatic heterocycles. The third-order valence-corrected chi connectivity index (χ3v) is 5.79. The van der Waals surface area contributed by atoms with Gasteiger partial charge in [-0.2, -0.15) is 4.98 Å². The fraction of sp³-hybridized carbons (Fsp3) is 0.240. The number of aryl methyl sites for hydroxylation is 1. The van der Waals surface area contributed by atoms with Gasteiger partial charge in [-0.3, -0.25) is 13.9 Å². The van der Waals surface area contributed by atoms with Crippen molar-refractivity contribution in [2.75, 3.05) is 7.11 Å². The van der Waals surface area contributed by atoms with Crippen molar-refractivity contribution in [2.45, 2.75) is 33.5 Å². The first-order valence-corrected chi connectivity index (χ1v) is 11.5. The average Bonchev–Trinajstić information content (AvgIpc) is 3.57. The number of aromatic amines is 1. The number of ether oxygens (including phenoxy) is 2. The Bertz CT molecular complexity index is 1630. The van der Waals surface area contributed by atoms with E-state index in [1.54, 1.807) is 26.2 Å². The molecule has 0 saturated carbocycles. The molecule has 0 aliphatic heterocycles. The van der Waals surface area contributed by atoms with Crippen LogP contribution in [0.1, 0.15) is 19.7 Å². The summed E-state index contributed by atoms with van der Waals surface area (Å²) in [5, 5.41) is 3.97. The van der Waals surface area contributed by atoms with E-state index < -0.39 is 0 Å². The standard InChI is InChI=1S/C25H24N6O5/c1-4-30-22-20(24(32)31(5-2)25(30)33)27-21(28-22)15-6-12-18(13-7-15)35-14-19-26-23(36-29-19)16-8-10-17(34-3)11-9-16/h6-13H,4-5,14H2,1-3H3,(H,27,28). The first-order chi connectivity index (χ1) is 17.5. The van der Waals surface area contributed by atoms with Crippen LogP contribution in [0.15, 0.2) is 62.6 Å². The zero-order valence-electron chi connectivity index (χ0n) is 20.0. The first kappa shape index (κ1) is 23.1. The lowest BCUT2D eigenvalue weighted by atomic mass is 10.2. The minimum Gasteiger partial charge on any atom is -0.497 e. The summed E-state index contributed by atoms with van der Waals surface area (Å²) < 4.78 is 19.0. The Morgan fingerprint density at radius 2 is 1.56 bits per heavy atom. The van der Waals surface area contributed by atoms with E-state index in [9.17, 15) is 9.59 Å². The molecule has 2 aromatic carbocycles. The van der Waals surface area contributed by atoms with Gasteiger partial charge in [0.15, 0.2) is 12.3 Å². The molecule has 5 aromatic rings. The van der Waals surface area contributed by atoms with Gasteiger partial charge in [0.1, 0.15) is 22.8 Å². The van der Waals surface area contributed by atoms with Gasteiger partial charge in [-0.15, -0.1) is 0 Å². The number of rotatable bonds is 8. The number of fused-ring (bicyclic) bond motifs is 1. The maximum Gasteiger partial charge on any atom is 0.332 e. The SMILES string of the molecule is CCn1c(=O)c2[nH]c(-c3ccc(OCc4noc(-c5ccc(OC)cc5)n4)cc3)nc2n(CC)c1=O. The zero-order chi connectivity index (χ0) is 25.2. The van der Waals surface area contributed by atoms with Crippen molar-refractivity contribution >= 4 is 11.2 Å². The summed E-state index contributed by atoms with van der Waals surface area (Å²) in [7, 11) is 1.61. The van der Waals surface area contributed by atoms with Gasteiger partial charge < -0.3 is 19.0 Å². The van der Waals surface area contributed by atoms with E-state index in [-0.39, 0.29) is 24.4 Å². The first-order valence-electron chi connectivity index (χ1n) is 11.5. The summed E-state index contributed by atoms with van der Waals surface area (Å²) in [5.41, 5.74) is 1.43. The van der Waals surface area contributed by atoms with Crippen molar-refractivity contribution in [3.05, 3.63) is 75.2 Å². The normalized spacial score (nSPS) is 11.2. The molecule has 3 heterocycles. The van der Waals surface area contributed by atoms with Gasteiger partial charge in [-0.05, 0) is 62.4 Å². The highest BCUT2D eigenvalue weighted by molar-refractivity contribution is 5.75. The molecule has 0 aliphatic carbocycles. The summed E-state index contributed by atoms with van der Waals surface area (Å²) in [6.07, 6.45) is 0. The molecule has 0 spiro atoms. The maximum atomic E-state index is 12.7. The highest BCUT2D eigenvalue weighted by atomic mass is 16.5. The van der Waals surface area contributed by atoms with Crippen molar-refractivity contribution in [1.29, 1.82) is 0 Å². The lowest BCUT2D eigenvalue weighted by Gasteiger charge is -2.06. The van der Waals surface area contributed by atoms with Gasteiger partial charge in [0.25, 0.3) is 11.4 Å². The van der Waals surface area contributed by atoms with Crippen LogP contribution in [0.5, 0.6) is 11.5 Å². The van der Waals surface area contributed by atoms with Crippen LogP contribution in [0.25, 0.3) is 34.0 Å². The van der Waals surface area contributed by atoms with Gasteiger partial charge in [0.2, 0.25) is 5.82 Å². The molecule has 0 atom stereocenters. The number of hydrogen-bond donors (Lipinski definition) is 1. The average molecular weight is 489 g/mol. The molecule has 0 bridgehead atoms. The van der Waals surface area contributed by atoms with Crippen LogP contribution in [0.2, 0.25) is 0 Å². The number of nitrogens with zero attached hydrogens (tertiary/aromatic N) is 5. The predicted octanol–water partition coefficient (Wildman–Crippen LogP) is 3.23. The third-order valence-electron chi connectivity index (χ3n) is 5.79. The van der Waals surface area contributed by atoms with Crippen molar-refractivity contribution in [3.8, 4) is 34.3 Å². The van der Waals surface area contributed by atoms with Crippen molar-refractivity contribution in [3.63, 3.8) is 0 Å². The van der Waals surface area contributed by atoms with Gasteiger partial charge in [0, 0.05) is 24.2 Å². The number of nitrogens with one attached hydrogen (secondary N) is 1. The molecule has 36 heavy (non-hydrogen) atoms.